The molecule has 3 aliphatic rings. The molecular formula is C59H61BN2. The van der Waals surface area contributed by atoms with Gasteiger partial charge in [0.05, 0.1) is 5.69 Å². The molecule has 10 rings (SSSR count). The van der Waals surface area contributed by atoms with Gasteiger partial charge in [-0.15, -0.1) is 0 Å². The Morgan fingerprint density at radius 2 is 0.968 bits per heavy atom. The standard InChI is InChI=1S/C59H61BN2/c1-37-29-53-55-54(30-37)62(50-28-25-43(57(6,7)8)33-44(50)40-21-17-14-18-22-40)52-35-46-45(58(9,10)36-59(46,11)12)34-48(52)60(55)47-32-41(39-19-15-13-16-20-39)23-26-51(47)61(53)49-27-24-42(31-38(49)2)56(3,4)5/h13-35H,36H2,1-12H3. The van der Waals surface area contributed by atoms with Crippen molar-refractivity contribution in [2.24, 2.45) is 0 Å². The van der Waals surface area contributed by atoms with E-state index in [1.807, 2.05) is 0 Å². The molecule has 0 aromatic heterocycles. The van der Waals surface area contributed by atoms with Gasteiger partial charge in [-0.3, -0.25) is 0 Å². The lowest BCUT2D eigenvalue weighted by Crippen LogP contribution is -2.61. The third-order valence-corrected chi connectivity index (χ3v) is 14.3. The Morgan fingerprint density at radius 1 is 0.452 bits per heavy atom. The quantitative estimate of drug-likeness (QED) is 0.163. The van der Waals surface area contributed by atoms with Crippen LogP contribution in [-0.2, 0) is 21.7 Å². The number of hydrogen-bond donors (Lipinski definition) is 0. The van der Waals surface area contributed by atoms with Crippen LogP contribution in [0.15, 0.2) is 140 Å². The van der Waals surface area contributed by atoms with Crippen LogP contribution >= 0.6 is 0 Å². The van der Waals surface area contributed by atoms with Crippen LogP contribution in [0.1, 0.15) is 109 Å². The van der Waals surface area contributed by atoms with Gasteiger partial charge in [-0.05, 0) is 151 Å². The number of anilines is 6. The molecule has 7 aromatic carbocycles. The SMILES string of the molecule is Cc1cc2c3c(c1)N(c1ccc(C(C)(C)C)cc1-c1ccccc1)c1cc4c(cc1B3c1cc(-c3ccccc3)ccc1N2c1ccc(C(C)(C)C)cc1C)C(C)(C)CC4(C)C. The zero-order valence-electron chi connectivity index (χ0n) is 39.0. The molecule has 0 atom stereocenters. The molecule has 2 aliphatic heterocycles. The highest BCUT2D eigenvalue weighted by Crippen LogP contribution is 2.54. The summed E-state index contributed by atoms with van der Waals surface area (Å²) < 4.78 is 0. The molecule has 1 aliphatic carbocycles. The molecule has 0 saturated carbocycles. The van der Waals surface area contributed by atoms with Crippen molar-refractivity contribution in [3.63, 3.8) is 0 Å². The summed E-state index contributed by atoms with van der Waals surface area (Å²) >= 11 is 0. The summed E-state index contributed by atoms with van der Waals surface area (Å²) in [5, 5.41) is 0. The van der Waals surface area contributed by atoms with Crippen molar-refractivity contribution in [1.82, 2.24) is 0 Å². The highest BCUT2D eigenvalue weighted by molar-refractivity contribution is 7.00. The van der Waals surface area contributed by atoms with Gasteiger partial charge in [0.15, 0.2) is 0 Å². The fourth-order valence-corrected chi connectivity index (χ4v) is 11.3. The fraction of sp³-hybridized carbons (Fsp3) is 0.288. The van der Waals surface area contributed by atoms with Crippen molar-refractivity contribution in [3.05, 3.63) is 173 Å². The minimum absolute atomic E-state index is 0.00698. The van der Waals surface area contributed by atoms with Gasteiger partial charge in [-0.1, -0.05) is 166 Å². The maximum Gasteiger partial charge on any atom is 0.252 e. The summed E-state index contributed by atoms with van der Waals surface area (Å²) in [7, 11) is 0. The molecule has 2 heterocycles. The Morgan fingerprint density at radius 3 is 1.56 bits per heavy atom. The zero-order chi connectivity index (χ0) is 43.7. The molecule has 0 bridgehead atoms. The number of rotatable bonds is 4. The lowest BCUT2D eigenvalue weighted by molar-refractivity contribution is 0.403. The summed E-state index contributed by atoms with van der Waals surface area (Å²) in [6, 6.07) is 53.9. The normalized spacial score (nSPS) is 15.8. The Labute approximate surface area is 371 Å². The zero-order valence-corrected chi connectivity index (χ0v) is 39.0. The van der Waals surface area contributed by atoms with Crippen LogP contribution in [0.4, 0.5) is 34.1 Å². The molecule has 0 radical (unpaired) electrons. The second-order valence-electron chi connectivity index (χ2n) is 22.0. The number of aryl methyl sites for hydroxylation is 2. The first-order valence-electron chi connectivity index (χ1n) is 22.8. The maximum atomic E-state index is 2.66. The first kappa shape index (κ1) is 40.3. The van der Waals surface area contributed by atoms with Crippen LogP contribution in [0, 0.1) is 13.8 Å². The van der Waals surface area contributed by atoms with Gasteiger partial charge in [0.25, 0.3) is 6.71 Å². The van der Waals surface area contributed by atoms with E-state index in [9.17, 15) is 0 Å². The van der Waals surface area contributed by atoms with Crippen molar-refractivity contribution >= 4 is 57.2 Å². The van der Waals surface area contributed by atoms with Crippen molar-refractivity contribution in [1.29, 1.82) is 0 Å². The van der Waals surface area contributed by atoms with Crippen LogP contribution in [0.25, 0.3) is 22.3 Å². The van der Waals surface area contributed by atoms with Gasteiger partial charge in [-0.25, -0.2) is 0 Å². The van der Waals surface area contributed by atoms with Gasteiger partial charge >= 0.3 is 0 Å². The van der Waals surface area contributed by atoms with Crippen molar-refractivity contribution < 1.29 is 0 Å². The van der Waals surface area contributed by atoms with Crippen molar-refractivity contribution in [2.45, 2.75) is 111 Å². The Bertz CT molecular complexity index is 2920. The summed E-state index contributed by atoms with van der Waals surface area (Å²) in [6.07, 6.45) is 1.11. The molecule has 0 amide bonds. The largest absolute Gasteiger partial charge is 0.311 e. The average Bonchev–Trinajstić information content (AvgIpc) is 3.41. The molecule has 3 heteroatoms. The number of benzene rings is 7. The van der Waals surface area contributed by atoms with Gasteiger partial charge in [0, 0.05) is 34.0 Å². The summed E-state index contributed by atoms with van der Waals surface area (Å²) in [5.74, 6) is 0. The Balaban J connectivity index is 1.34. The topological polar surface area (TPSA) is 6.48 Å². The molecule has 2 nitrogen and oxygen atoms in total. The van der Waals surface area contributed by atoms with Gasteiger partial charge in [0.1, 0.15) is 0 Å². The van der Waals surface area contributed by atoms with E-state index in [2.05, 4.69) is 232 Å². The van der Waals surface area contributed by atoms with Crippen molar-refractivity contribution in [3.8, 4) is 22.3 Å². The van der Waals surface area contributed by atoms with E-state index in [1.165, 1.54) is 106 Å². The molecule has 0 N–H and O–H groups in total. The highest BCUT2D eigenvalue weighted by Gasteiger charge is 2.48. The number of nitrogens with zero attached hydrogens (tertiary/aromatic N) is 2. The lowest BCUT2D eigenvalue weighted by atomic mass is 9.33. The molecule has 0 fully saturated rings. The monoisotopic (exact) mass is 808 g/mol. The van der Waals surface area contributed by atoms with Crippen LogP contribution in [0.3, 0.4) is 0 Å². The fourth-order valence-electron chi connectivity index (χ4n) is 11.3. The van der Waals surface area contributed by atoms with Crippen LogP contribution in [0.2, 0.25) is 0 Å². The van der Waals surface area contributed by atoms with E-state index in [4.69, 9.17) is 0 Å². The van der Waals surface area contributed by atoms with E-state index < -0.39 is 0 Å². The smallest absolute Gasteiger partial charge is 0.252 e. The van der Waals surface area contributed by atoms with E-state index >= 15 is 0 Å². The molecule has 0 unspecified atom stereocenters. The summed E-state index contributed by atoms with van der Waals surface area (Å²) in [6.45, 7) is 28.4. The van der Waals surface area contributed by atoms with Gasteiger partial charge in [-0.2, -0.15) is 0 Å². The van der Waals surface area contributed by atoms with Gasteiger partial charge in [0.2, 0.25) is 0 Å². The first-order valence-corrected chi connectivity index (χ1v) is 22.8. The van der Waals surface area contributed by atoms with E-state index in [-0.39, 0.29) is 28.4 Å². The highest BCUT2D eigenvalue weighted by atomic mass is 15.2. The molecule has 7 aromatic rings. The molecule has 62 heavy (non-hydrogen) atoms. The van der Waals surface area contributed by atoms with Gasteiger partial charge < -0.3 is 9.80 Å². The third-order valence-electron chi connectivity index (χ3n) is 14.3. The van der Waals surface area contributed by atoms with E-state index in [0.717, 1.165) is 6.42 Å². The predicted octanol–water partition coefficient (Wildman–Crippen LogP) is 14.3. The van der Waals surface area contributed by atoms with Crippen LogP contribution in [0.5, 0.6) is 0 Å². The summed E-state index contributed by atoms with van der Waals surface area (Å²) in [5.41, 5.74) is 24.9. The second-order valence-corrected chi connectivity index (χ2v) is 22.0. The maximum absolute atomic E-state index is 2.66. The molecule has 0 spiro atoms. The first-order chi connectivity index (χ1) is 29.3. The third kappa shape index (κ3) is 6.37. The Kier molecular flexibility index (Phi) is 9.00. The molecule has 0 saturated heterocycles. The predicted molar refractivity (Wildman–Crippen MR) is 269 cm³/mol. The average molecular weight is 809 g/mol. The van der Waals surface area contributed by atoms with E-state index in [0.29, 0.717) is 0 Å². The lowest BCUT2D eigenvalue weighted by Gasteiger charge is -2.45. The summed E-state index contributed by atoms with van der Waals surface area (Å²) in [4.78, 5) is 5.26. The minimum atomic E-state index is -0.00698. The van der Waals surface area contributed by atoms with E-state index in [1.54, 1.807) is 0 Å². The van der Waals surface area contributed by atoms with Crippen LogP contribution < -0.4 is 26.2 Å². The van der Waals surface area contributed by atoms with Crippen LogP contribution in [-0.4, -0.2) is 6.71 Å². The number of hydrogen-bond acceptors (Lipinski definition) is 2. The Hall–Kier alpha value is -5.80. The van der Waals surface area contributed by atoms with Crippen molar-refractivity contribution in [2.75, 3.05) is 9.80 Å². The minimum Gasteiger partial charge on any atom is -0.311 e. The number of fused-ring (bicyclic) bond motifs is 5. The second kappa shape index (κ2) is 13.9. The molecular weight excluding hydrogens is 747 g/mol. The molecule has 310 valence electrons.